The Morgan fingerprint density at radius 3 is 2.05 bits per heavy atom. The Morgan fingerprint density at radius 2 is 1.53 bits per heavy atom. The van der Waals surface area contributed by atoms with Crippen LogP contribution in [0, 0.1) is 13.8 Å². The summed E-state index contributed by atoms with van der Waals surface area (Å²) in [7, 11) is 4.08. The lowest BCUT2D eigenvalue weighted by molar-refractivity contribution is 0.461. The van der Waals surface area contributed by atoms with Crippen LogP contribution in [-0.2, 0) is 5.41 Å². The van der Waals surface area contributed by atoms with Crippen LogP contribution in [0.5, 0.6) is 0 Å². The zero-order valence-corrected chi connectivity index (χ0v) is 13.1. The summed E-state index contributed by atoms with van der Waals surface area (Å²) in [6.07, 6.45) is 0. The molecule has 1 aliphatic carbocycles. The van der Waals surface area contributed by atoms with Crippen LogP contribution in [0.15, 0.2) is 17.7 Å². The number of aryl methyl sites for hydroxylation is 1. The topological polar surface area (TPSA) is 24.1 Å². The smallest absolute Gasteiger partial charge is 0.0419 e. The number of likely N-dealkylation sites (N-methyl/N-ethyl adjacent to an activating group) is 2. The molecule has 1 aromatic rings. The Balaban J connectivity index is 2.71. The average molecular weight is 258 g/mol. The maximum absolute atomic E-state index is 3.39. The van der Waals surface area contributed by atoms with Crippen LogP contribution in [-0.4, -0.2) is 27.2 Å². The van der Waals surface area contributed by atoms with E-state index in [1.165, 1.54) is 33.4 Å². The van der Waals surface area contributed by atoms with Crippen LogP contribution >= 0.6 is 0 Å². The lowest BCUT2D eigenvalue weighted by Crippen LogP contribution is -2.44. The van der Waals surface area contributed by atoms with Crippen molar-refractivity contribution < 1.29 is 0 Å². The van der Waals surface area contributed by atoms with E-state index < -0.39 is 0 Å². The zero-order chi connectivity index (χ0) is 14.2. The van der Waals surface area contributed by atoms with Gasteiger partial charge in [-0.1, -0.05) is 17.7 Å². The van der Waals surface area contributed by atoms with Crippen LogP contribution in [0.1, 0.15) is 36.1 Å². The largest absolute Gasteiger partial charge is 0.318 e. The molecule has 0 atom stereocenters. The average Bonchev–Trinajstić information content (AvgIpc) is 2.58. The first kappa shape index (κ1) is 14.3. The maximum atomic E-state index is 3.39. The van der Waals surface area contributed by atoms with Gasteiger partial charge in [-0.3, -0.25) is 0 Å². The quantitative estimate of drug-likeness (QED) is 0.868. The second kappa shape index (κ2) is 5.10. The van der Waals surface area contributed by atoms with Crippen molar-refractivity contribution >= 4 is 5.57 Å². The van der Waals surface area contributed by atoms with E-state index in [0.29, 0.717) is 0 Å². The number of hydrogen-bond donors (Lipinski definition) is 2. The van der Waals surface area contributed by atoms with E-state index in [-0.39, 0.29) is 5.41 Å². The van der Waals surface area contributed by atoms with Crippen LogP contribution in [0.3, 0.4) is 0 Å². The third kappa shape index (κ3) is 1.94. The molecule has 0 spiro atoms. The molecule has 0 radical (unpaired) electrons. The van der Waals surface area contributed by atoms with Crippen molar-refractivity contribution in [3.63, 3.8) is 0 Å². The third-order valence-corrected chi connectivity index (χ3v) is 4.86. The second-order valence-electron chi connectivity index (χ2n) is 5.82. The van der Waals surface area contributed by atoms with E-state index in [0.717, 1.165) is 13.1 Å². The minimum Gasteiger partial charge on any atom is -0.318 e. The maximum Gasteiger partial charge on any atom is 0.0419 e. The summed E-state index contributed by atoms with van der Waals surface area (Å²) >= 11 is 0. The standard InChI is InChI=1S/C17H26N2/c1-11-7-8-15-16(12(11)2)13(3)14(4)17(15,9-18-5)10-19-6/h7-8,18-19H,9-10H2,1-6H3. The van der Waals surface area contributed by atoms with Crippen molar-refractivity contribution in [1.29, 1.82) is 0 Å². The van der Waals surface area contributed by atoms with E-state index in [2.05, 4.69) is 50.5 Å². The normalized spacial score (nSPS) is 16.9. The summed E-state index contributed by atoms with van der Waals surface area (Å²) in [5, 5.41) is 6.77. The molecule has 0 saturated heterocycles. The van der Waals surface area contributed by atoms with Gasteiger partial charge in [-0.25, -0.2) is 0 Å². The van der Waals surface area contributed by atoms with E-state index in [9.17, 15) is 0 Å². The molecule has 0 unspecified atom stereocenters. The highest BCUT2D eigenvalue weighted by molar-refractivity contribution is 5.81. The van der Waals surface area contributed by atoms with E-state index in [1.807, 2.05) is 14.1 Å². The molecule has 104 valence electrons. The van der Waals surface area contributed by atoms with Gasteiger partial charge >= 0.3 is 0 Å². The summed E-state index contributed by atoms with van der Waals surface area (Å²) in [4.78, 5) is 0. The minimum absolute atomic E-state index is 0.0986. The van der Waals surface area contributed by atoms with Crippen LogP contribution < -0.4 is 10.6 Å². The summed E-state index contributed by atoms with van der Waals surface area (Å²) in [6, 6.07) is 4.59. The van der Waals surface area contributed by atoms with Gasteiger partial charge in [0.05, 0.1) is 0 Å². The van der Waals surface area contributed by atoms with Gasteiger partial charge in [0.15, 0.2) is 0 Å². The number of fused-ring (bicyclic) bond motifs is 1. The van der Waals surface area contributed by atoms with Crippen molar-refractivity contribution in [2.75, 3.05) is 27.2 Å². The first-order chi connectivity index (χ1) is 8.99. The molecule has 2 rings (SSSR count). The Bertz CT molecular complexity index is 520. The molecule has 0 saturated carbocycles. The monoisotopic (exact) mass is 258 g/mol. The molecule has 0 amide bonds. The summed E-state index contributed by atoms with van der Waals surface area (Å²) in [6.45, 7) is 11.0. The molecule has 0 fully saturated rings. The van der Waals surface area contributed by atoms with E-state index in [4.69, 9.17) is 0 Å². The first-order valence-electron chi connectivity index (χ1n) is 7.07. The van der Waals surface area contributed by atoms with Crippen LogP contribution in [0.4, 0.5) is 0 Å². The van der Waals surface area contributed by atoms with Gasteiger partial charge in [-0.2, -0.15) is 0 Å². The molecular weight excluding hydrogens is 232 g/mol. The van der Waals surface area contributed by atoms with Gasteiger partial charge in [0.1, 0.15) is 0 Å². The molecule has 2 N–H and O–H groups in total. The summed E-state index contributed by atoms with van der Waals surface area (Å²) in [5.74, 6) is 0. The molecule has 0 heterocycles. The van der Waals surface area contributed by atoms with E-state index >= 15 is 0 Å². The Labute approximate surface area is 117 Å². The predicted molar refractivity (Wildman–Crippen MR) is 83.7 cm³/mol. The highest BCUT2D eigenvalue weighted by Gasteiger charge is 2.41. The molecule has 0 aromatic heterocycles. The van der Waals surface area contributed by atoms with Gasteiger partial charge in [-0.05, 0) is 69.6 Å². The van der Waals surface area contributed by atoms with Gasteiger partial charge in [0.2, 0.25) is 0 Å². The fraction of sp³-hybridized carbons (Fsp3) is 0.529. The third-order valence-electron chi connectivity index (χ3n) is 4.86. The molecule has 19 heavy (non-hydrogen) atoms. The fourth-order valence-corrected chi connectivity index (χ4v) is 3.57. The highest BCUT2D eigenvalue weighted by Crippen LogP contribution is 2.47. The molecule has 0 bridgehead atoms. The number of nitrogens with one attached hydrogen (secondary N) is 2. The Kier molecular flexibility index (Phi) is 3.84. The van der Waals surface area contributed by atoms with Gasteiger partial charge in [-0.15, -0.1) is 0 Å². The molecule has 0 aliphatic heterocycles. The molecule has 1 aromatic carbocycles. The van der Waals surface area contributed by atoms with Crippen molar-refractivity contribution in [3.8, 4) is 0 Å². The Morgan fingerprint density at radius 1 is 0.947 bits per heavy atom. The summed E-state index contributed by atoms with van der Waals surface area (Å²) in [5.41, 5.74) is 8.83. The molecule has 1 aliphatic rings. The highest BCUT2D eigenvalue weighted by atomic mass is 14.9. The Hall–Kier alpha value is -1.12. The molecule has 2 nitrogen and oxygen atoms in total. The summed E-state index contributed by atoms with van der Waals surface area (Å²) < 4.78 is 0. The second-order valence-corrected chi connectivity index (χ2v) is 5.82. The van der Waals surface area contributed by atoms with Crippen LogP contribution in [0.25, 0.3) is 5.57 Å². The van der Waals surface area contributed by atoms with E-state index in [1.54, 1.807) is 0 Å². The zero-order valence-electron chi connectivity index (χ0n) is 13.1. The van der Waals surface area contributed by atoms with Gasteiger partial charge in [0.25, 0.3) is 0 Å². The van der Waals surface area contributed by atoms with Crippen molar-refractivity contribution in [1.82, 2.24) is 10.6 Å². The minimum atomic E-state index is 0.0986. The SMILES string of the molecule is CNCC1(CNC)C(C)=C(C)c2c1ccc(C)c2C. The van der Waals surface area contributed by atoms with Crippen LogP contribution in [0.2, 0.25) is 0 Å². The number of hydrogen-bond acceptors (Lipinski definition) is 2. The van der Waals surface area contributed by atoms with Gasteiger partial charge < -0.3 is 10.6 Å². The van der Waals surface area contributed by atoms with Gasteiger partial charge in [0, 0.05) is 18.5 Å². The number of benzene rings is 1. The fourth-order valence-electron chi connectivity index (χ4n) is 3.57. The number of allylic oxidation sites excluding steroid dienone is 1. The first-order valence-corrected chi connectivity index (χ1v) is 7.07. The van der Waals surface area contributed by atoms with Crippen molar-refractivity contribution in [2.24, 2.45) is 0 Å². The predicted octanol–water partition coefficient (Wildman–Crippen LogP) is 2.79. The lowest BCUT2D eigenvalue weighted by Gasteiger charge is -2.33. The number of rotatable bonds is 4. The lowest BCUT2D eigenvalue weighted by atomic mass is 9.77. The van der Waals surface area contributed by atoms with Crippen molar-refractivity contribution in [2.45, 2.75) is 33.1 Å². The molecule has 2 heteroatoms. The molecular formula is C17H26N2. The van der Waals surface area contributed by atoms with Crippen molar-refractivity contribution in [3.05, 3.63) is 40.0 Å².